The Labute approximate surface area is 234 Å². The molecule has 10 nitrogen and oxygen atoms in total. The highest BCUT2D eigenvalue weighted by atomic mass is 16.3. The Hall–Kier alpha value is -3.76. The highest BCUT2D eigenvalue weighted by Gasteiger charge is 2.45. The molecular formula is C30H37N5O5. The zero-order valence-corrected chi connectivity index (χ0v) is 23.3. The van der Waals surface area contributed by atoms with E-state index >= 15 is 0 Å². The maximum atomic E-state index is 13.1. The fourth-order valence-corrected chi connectivity index (χ4v) is 6.02. The van der Waals surface area contributed by atoms with E-state index < -0.39 is 24.1 Å². The van der Waals surface area contributed by atoms with Gasteiger partial charge >= 0.3 is 0 Å². The van der Waals surface area contributed by atoms with Gasteiger partial charge in [-0.25, -0.2) is 0 Å². The molecule has 3 aliphatic heterocycles. The Morgan fingerprint density at radius 2 is 1.85 bits per heavy atom. The van der Waals surface area contributed by atoms with E-state index in [0.717, 1.165) is 38.0 Å². The van der Waals surface area contributed by atoms with E-state index in [1.54, 1.807) is 17.0 Å². The number of nitrogens with zero attached hydrogens (tertiary/aromatic N) is 3. The number of carbonyl (C=O) groups is 4. The number of benzene rings is 2. The third kappa shape index (κ3) is 5.46. The Morgan fingerprint density at radius 1 is 1.10 bits per heavy atom. The van der Waals surface area contributed by atoms with Crippen molar-refractivity contribution in [2.45, 2.75) is 58.0 Å². The average molecular weight is 548 g/mol. The van der Waals surface area contributed by atoms with Gasteiger partial charge in [-0.05, 0) is 68.1 Å². The van der Waals surface area contributed by atoms with Gasteiger partial charge in [-0.2, -0.15) is 0 Å². The number of carbonyl (C=O) groups excluding carboxylic acids is 4. The molecule has 2 aromatic rings. The summed E-state index contributed by atoms with van der Waals surface area (Å²) in [4.78, 5) is 54.6. The van der Waals surface area contributed by atoms with Gasteiger partial charge in [0.2, 0.25) is 17.7 Å². The normalized spacial score (nSPS) is 21.8. The van der Waals surface area contributed by atoms with E-state index in [2.05, 4.69) is 40.7 Å². The third-order valence-electron chi connectivity index (χ3n) is 8.30. The first-order valence-electron chi connectivity index (χ1n) is 13.9. The van der Waals surface area contributed by atoms with Crippen LogP contribution < -0.4 is 10.6 Å². The van der Waals surface area contributed by atoms with Crippen molar-refractivity contribution in [3.63, 3.8) is 0 Å². The average Bonchev–Trinajstić information content (AvgIpc) is 3.19. The number of likely N-dealkylation sites (tertiary alicyclic amines) is 1. The molecule has 3 N–H and O–H groups in total. The highest BCUT2D eigenvalue weighted by Crippen LogP contribution is 2.39. The first kappa shape index (κ1) is 27.8. The Balaban J connectivity index is 1.22. The van der Waals surface area contributed by atoms with Gasteiger partial charge in [0, 0.05) is 56.3 Å². The van der Waals surface area contributed by atoms with Crippen LogP contribution in [0.5, 0.6) is 0 Å². The summed E-state index contributed by atoms with van der Waals surface area (Å²) in [5, 5.41) is 16.7. The number of aliphatic hydroxyl groups is 1. The maximum absolute atomic E-state index is 13.1. The molecule has 2 aromatic carbocycles. The number of piperidine rings is 2. The molecule has 3 aliphatic rings. The zero-order valence-electron chi connectivity index (χ0n) is 23.3. The van der Waals surface area contributed by atoms with Crippen molar-refractivity contribution in [1.82, 2.24) is 20.0 Å². The molecule has 212 valence electrons. The van der Waals surface area contributed by atoms with Crippen LogP contribution in [0, 0.1) is 12.8 Å². The molecule has 40 heavy (non-hydrogen) atoms. The maximum Gasteiger partial charge on any atom is 0.257 e. The van der Waals surface area contributed by atoms with E-state index in [1.165, 1.54) is 16.0 Å². The van der Waals surface area contributed by atoms with E-state index in [4.69, 9.17) is 0 Å². The van der Waals surface area contributed by atoms with E-state index in [-0.39, 0.29) is 30.6 Å². The van der Waals surface area contributed by atoms with Crippen molar-refractivity contribution in [2.75, 3.05) is 32.5 Å². The molecule has 0 spiro atoms. The quantitative estimate of drug-likeness (QED) is 0.454. The molecule has 2 atom stereocenters. The van der Waals surface area contributed by atoms with Crippen molar-refractivity contribution in [3.05, 3.63) is 64.2 Å². The highest BCUT2D eigenvalue weighted by molar-refractivity contribution is 6.06. The topological polar surface area (TPSA) is 122 Å². The molecule has 0 radical (unpaired) electrons. The second kappa shape index (κ2) is 11.4. The minimum atomic E-state index is -1.28. The van der Waals surface area contributed by atoms with Crippen LogP contribution in [0.15, 0.2) is 36.4 Å². The molecule has 0 aliphatic carbocycles. The SMILES string of the molecule is Cc1cc(CNc2cccc3c2C(O)N(C2CCC(=O)NC2=O)C3=O)ccc1CN1CCC(C(=O)N(C)C)CC1. The van der Waals surface area contributed by atoms with Crippen LogP contribution >= 0.6 is 0 Å². The predicted molar refractivity (Wildman–Crippen MR) is 149 cm³/mol. The van der Waals surface area contributed by atoms with Crippen LogP contribution in [0.2, 0.25) is 0 Å². The molecule has 2 unspecified atom stereocenters. The van der Waals surface area contributed by atoms with Gasteiger partial charge in [-0.1, -0.05) is 24.3 Å². The number of nitrogens with one attached hydrogen (secondary N) is 2. The van der Waals surface area contributed by atoms with Crippen LogP contribution in [-0.4, -0.2) is 76.7 Å². The molecule has 0 bridgehead atoms. The standard InChI is InChI=1S/C30H37N5O5/c1-18-15-19(7-8-21(18)17-34-13-11-20(12-14-34)28(38)33(2)3)16-31-23-6-4-5-22-26(23)30(40)35(29(22)39)24-9-10-25(36)32-27(24)37/h4-8,15,20,24,30-31,40H,9-14,16-17H2,1-3H3,(H,32,36,37). The lowest BCUT2D eigenvalue weighted by atomic mass is 9.94. The second-order valence-corrected chi connectivity index (χ2v) is 11.2. The molecule has 2 fully saturated rings. The smallest absolute Gasteiger partial charge is 0.257 e. The van der Waals surface area contributed by atoms with Gasteiger partial charge in [-0.15, -0.1) is 0 Å². The monoisotopic (exact) mass is 547 g/mol. The minimum Gasteiger partial charge on any atom is -0.381 e. The first-order chi connectivity index (χ1) is 19.1. The molecular weight excluding hydrogens is 510 g/mol. The van der Waals surface area contributed by atoms with Crippen molar-refractivity contribution >= 4 is 29.3 Å². The number of fused-ring (bicyclic) bond motifs is 1. The van der Waals surface area contributed by atoms with Gasteiger partial charge in [0.15, 0.2) is 6.23 Å². The van der Waals surface area contributed by atoms with Gasteiger partial charge in [0.25, 0.3) is 5.91 Å². The van der Waals surface area contributed by atoms with Gasteiger partial charge in [0.1, 0.15) is 6.04 Å². The van der Waals surface area contributed by atoms with Crippen LogP contribution in [0.25, 0.3) is 0 Å². The van der Waals surface area contributed by atoms with Crippen LogP contribution in [0.4, 0.5) is 5.69 Å². The van der Waals surface area contributed by atoms with E-state index in [9.17, 15) is 24.3 Å². The van der Waals surface area contributed by atoms with Crippen molar-refractivity contribution in [3.8, 4) is 0 Å². The molecule has 5 rings (SSSR count). The second-order valence-electron chi connectivity index (χ2n) is 11.2. The Kier molecular flexibility index (Phi) is 7.91. The Bertz CT molecular complexity index is 1330. The number of rotatable bonds is 7. The van der Waals surface area contributed by atoms with Crippen molar-refractivity contribution in [2.24, 2.45) is 5.92 Å². The van der Waals surface area contributed by atoms with E-state index in [1.807, 2.05) is 20.2 Å². The molecule has 0 aromatic heterocycles. The zero-order chi connectivity index (χ0) is 28.6. The fourth-order valence-electron chi connectivity index (χ4n) is 6.02. The van der Waals surface area contributed by atoms with Crippen LogP contribution in [-0.2, 0) is 27.5 Å². The lowest BCUT2D eigenvalue weighted by Crippen LogP contribution is -2.53. The van der Waals surface area contributed by atoms with Crippen molar-refractivity contribution in [1.29, 1.82) is 0 Å². The van der Waals surface area contributed by atoms with Crippen molar-refractivity contribution < 1.29 is 24.3 Å². The molecule has 0 saturated carbocycles. The van der Waals surface area contributed by atoms with Gasteiger partial charge < -0.3 is 15.3 Å². The number of aryl methyl sites for hydroxylation is 1. The molecule has 4 amide bonds. The lowest BCUT2D eigenvalue weighted by molar-refractivity contribution is -0.139. The first-order valence-corrected chi connectivity index (χ1v) is 13.9. The van der Waals surface area contributed by atoms with Gasteiger partial charge in [-0.3, -0.25) is 34.3 Å². The summed E-state index contributed by atoms with van der Waals surface area (Å²) in [5.41, 5.74) is 4.93. The lowest BCUT2D eigenvalue weighted by Gasteiger charge is -2.32. The number of aliphatic hydroxyl groups excluding tert-OH is 1. The number of hydrogen-bond acceptors (Lipinski definition) is 7. The summed E-state index contributed by atoms with van der Waals surface area (Å²) in [5.74, 6) is -1.02. The summed E-state index contributed by atoms with van der Waals surface area (Å²) < 4.78 is 0. The molecule has 3 heterocycles. The summed E-state index contributed by atoms with van der Waals surface area (Å²) in [6.45, 7) is 5.25. The summed E-state index contributed by atoms with van der Waals surface area (Å²) in [6.07, 6.45) is 0.792. The molecule has 10 heteroatoms. The fraction of sp³-hybridized carbons (Fsp3) is 0.467. The van der Waals surface area contributed by atoms with Gasteiger partial charge in [0.05, 0.1) is 0 Å². The summed E-state index contributed by atoms with van der Waals surface area (Å²) >= 11 is 0. The molecule has 2 saturated heterocycles. The number of anilines is 1. The number of amides is 4. The summed E-state index contributed by atoms with van der Waals surface area (Å²) in [7, 11) is 3.63. The summed E-state index contributed by atoms with van der Waals surface area (Å²) in [6, 6.07) is 10.7. The third-order valence-corrected chi connectivity index (χ3v) is 8.30. The largest absolute Gasteiger partial charge is 0.381 e. The predicted octanol–water partition coefficient (Wildman–Crippen LogP) is 2.16. The number of hydrogen-bond donors (Lipinski definition) is 3. The Morgan fingerprint density at radius 3 is 2.52 bits per heavy atom. The van der Waals surface area contributed by atoms with Crippen LogP contribution in [0.3, 0.4) is 0 Å². The van der Waals surface area contributed by atoms with Crippen LogP contribution in [0.1, 0.15) is 64.5 Å². The minimum absolute atomic E-state index is 0.116. The number of imide groups is 1. The van der Waals surface area contributed by atoms with E-state index in [0.29, 0.717) is 23.4 Å².